The molecule has 0 aliphatic heterocycles. The molecule has 0 bridgehead atoms. The molecule has 4 heteroatoms. The Labute approximate surface area is 315 Å². The molecule has 0 amide bonds. The topological polar surface area (TPSA) is 70.5 Å². The van der Waals surface area contributed by atoms with E-state index in [1.54, 1.807) is 0 Å². The summed E-state index contributed by atoms with van der Waals surface area (Å²) < 4.78 is 13.6. The van der Waals surface area contributed by atoms with Gasteiger partial charge in [-0.2, -0.15) is 0 Å². The molecule has 53 heavy (non-hydrogen) atoms. The number of anilines is 2. The van der Waals surface area contributed by atoms with Crippen molar-refractivity contribution < 1.29 is 9.47 Å². The molecule has 4 nitrogen and oxygen atoms in total. The summed E-state index contributed by atoms with van der Waals surface area (Å²) in [6.07, 6.45) is 0. The molecule has 0 atom stereocenters. The van der Waals surface area contributed by atoms with Crippen molar-refractivity contribution in [2.75, 3.05) is 11.5 Å². The highest BCUT2D eigenvalue weighted by Crippen LogP contribution is 2.58. The summed E-state index contributed by atoms with van der Waals surface area (Å²) in [7, 11) is 0. The fraction of sp³-hybridized carbons (Fsp3) is 0.265. The van der Waals surface area contributed by atoms with Gasteiger partial charge < -0.3 is 20.9 Å². The van der Waals surface area contributed by atoms with Crippen LogP contribution in [-0.4, -0.2) is 0 Å². The van der Waals surface area contributed by atoms with E-state index in [1.807, 2.05) is 48.5 Å². The van der Waals surface area contributed by atoms with Crippen LogP contribution in [0.2, 0.25) is 0 Å². The van der Waals surface area contributed by atoms with Gasteiger partial charge in [0.2, 0.25) is 0 Å². The fourth-order valence-corrected chi connectivity index (χ4v) is 8.06. The molecule has 7 rings (SSSR count). The molecule has 1 aliphatic carbocycles. The van der Waals surface area contributed by atoms with Crippen LogP contribution >= 0.6 is 0 Å². The first kappa shape index (κ1) is 35.9. The molecule has 0 radical (unpaired) electrons. The number of benzene rings is 6. The van der Waals surface area contributed by atoms with Gasteiger partial charge in [0.05, 0.1) is 5.41 Å². The monoisotopic (exact) mass is 700 g/mol. The highest BCUT2D eigenvalue weighted by atomic mass is 16.5. The summed E-state index contributed by atoms with van der Waals surface area (Å²) in [6, 6.07) is 43.0. The molecule has 0 heterocycles. The molecular weight excluding hydrogens is 649 g/mol. The van der Waals surface area contributed by atoms with E-state index in [0.717, 1.165) is 23.0 Å². The van der Waals surface area contributed by atoms with Gasteiger partial charge in [0.25, 0.3) is 0 Å². The zero-order valence-corrected chi connectivity index (χ0v) is 32.3. The first-order chi connectivity index (χ1) is 25.4. The van der Waals surface area contributed by atoms with Crippen LogP contribution in [0.25, 0.3) is 11.1 Å². The van der Waals surface area contributed by atoms with Crippen molar-refractivity contribution in [2.45, 2.75) is 84.5 Å². The first-order valence-electron chi connectivity index (χ1n) is 19.0. The normalized spacial score (nSPS) is 13.1. The summed E-state index contributed by atoms with van der Waals surface area (Å²) in [6.45, 7) is 18.1. The smallest absolute Gasteiger partial charge is 0.134 e. The van der Waals surface area contributed by atoms with E-state index in [9.17, 15) is 0 Å². The predicted octanol–water partition coefficient (Wildman–Crippen LogP) is 13.3. The van der Waals surface area contributed by atoms with Gasteiger partial charge in [-0.25, -0.2) is 0 Å². The van der Waals surface area contributed by atoms with E-state index in [1.165, 1.54) is 55.6 Å². The second-order valence-corrected chi connectivity index (χ2v) is 15.8. The van der Waals surface area contributed by atoms with Crippen molar-refractivity contribution in [2.24, 2.45) is 0 Å². The van der Waals surface area contributed by atoms with Crippen molar-refractivity contribution in [3.05, 3.63) is 166 Å². The lowest BCUT2D eigenvalue weighted by Crippen LogP contribution is -2.30. The van der Waals surface area contributed by atoms with Gasteiger partial charge in [-0.05, 0) is 128 Å². The van der Waals surface area contributed by atoms with Gasteiger partial charge in [0, 0.05) is 11.4 Å². The molecule has 1 aliphatic rings. The third kappa shape index (κ3) is 6.35. The molecule has 0 saturated heterocycles. The van der Waals surface area contributed by atoms with Gasteiger partial charge in [-0.1, -0.05) is 128 Å². The van der Waals surface area contributed by atoms with Crippen LogP contribution in [-0.2, 0) is 5.41 Å². The molecule has 0 fully saturated rings. The van der Waals surface area contributed by atoms with Gasteiger partial charge in [-0.3, -0.25) is 0 Å². The summed E-state index contributed by atoms with van der Waals surface area (Å²) in [5.74, 6) is 4.22. The van der Waals surface area contributed by atoms with Crippen LogP contribution in [0.4, 0.5) is 11.4 Å². The largest absolute Gasteiger partial charge is 0.457 e. The van der Waals surface area contributed by atoms with Gasteiger partial charge in [0.1, 0.15) is 23.0 Å². The molecule has 0 unspecified atom stereocenters. The average Bonchev–Trinajstić information content (AvgIpc) is 3.44. The predicted molar refractivity (Wildman–Crippen MR) is 222 cm³/mol. The third-order valence-electron chi connectivity index (χ3n) is 10.8. The summed E-state index contributed by atoms with van der Waals surface area (Å²) in [5.41, 5.74) is 25.2. The Morgan fingerprint density at radius 3 is 1.02 bits per heavy atom. The zero-order chi connectivity index (χ0) is 37.6. The number of ether oxygens (including phenoxy) is 2. The maximum Gasteiger partial charge on any atom is 0.134 e. The van der Waals surface area contributed by atoms with Crippen LogP contribution in [0, 0.1) is 0 Å². The van der Waals surface area contributed by atoms with E-state index in [-0.39, 0.29) is 23.7 Å². The van der Waals surface area contributed by atoms with E-state index < -0.39 is 5.41 Å². The van der Waals surface area contributed by atoms with E-state index in [4.69, 9.17) is 20.9 Å². The Hall–Kier alpha value is -5.48. The highest BCUT2D eigenvalue weighted by Gasteiger charge is 2.47. The minimum Gasteiger partial charge on any atom is -0.457 e. The quantitative estimate of drug-likeness (QED) is 0.139. The van der Waals surface area contributed by atoms with Crippen LogP contribution < -0.4 is 20.9 Å². The van der Waals surface area contributed by atoms with Crippen molar-refractivity contribution in [1.82, 2.24) is 0 Å². The summed E-state index contributed by atoms with van der Waals surface area (Å²) in [4.78, 5) is 0. The van der Waals surface area contributed by atoms with Gasteiger partial charge in [-0.15, -0.1) is 0 Å². The Balaban J connectivity index is 1.57. The first-order valence-corrected chi connectivity index (χ1v) is 19.0. The van der Waals surface area contributed by atoms with Crippen molar-refractivity contribution >= 4 is 11.4 Å². The maximum atomic E-state index is 6.81. The highest BCUT2D eigenvalue weighted by molar-refractivity contribution is 5.87. The van der Waals surface area contributed by atoms with Crippen molar-refractivity contribution in [3.8, 4) is 34.1 Å². The molecule has 4 N–H and O–H groups in total. The van der Waals surface area contributed by atoms with Crippen molar-refractivity contribution in [1.29, 1.82) is 0 Å². The standard InChI is InChI=1S/C49H52N2O2/c1-29(2)41-25-33(26-42(30(3)4)47(41)52-37-21-17-35(50)18-22-37)49(45-15-11-9-13-39(45)40-14-10-12-16-46(40)49)34-27-43(31(5)6)48(44(28-34)32(7)8)53-38-23-19-36(51)20-24-38/h9-32H,50-51H2,1-8H3. The molecule has 0 aromatic heterocycles. The minimum atomic E-state index is -0.604. The minimum absolute atomic E-state index is 0.202. The number of fused-ring (bicyclic) bond motifs is 3. The number of hydrogen-bond acceptors (Lipinski definition) is 4. The van der Waals surface area contributed by atoms with Crippen LogP contribution in [0.5, 0.6) is 23.0 Å². The molecule has 0 saturated carbocycles. The molecule has 270 valence electrons. The average molecular weight is 701 g/mol. The summed E-state index contributed by atoms with van der Waals surface area (Å²) >= 11 is 0. The van der Waals surface area contributed by atoms with E-state index >= 15 is 0 Å². The molecule has 6 aromatic rings. The van der Waals surface area contributed by atoms with E-state index in [2.05, 4.69) is 128 Å². The van der Waals surface area contributed by atoms with Gasteiger partial charge in [0.15, 0.2) is 0 Å². The Kier molecular flexibility index (Phi) is 9.59. The molecular formula is C49H52N2O2. The second kappa shape index (κ2) is 14.2. The number of nitrogens with two attached hydrogens (primary N) is 2. The molecule has 0 spiro atoms. The van der Waals surface area contributed by atoms with E-state index in [0.29, 0.717) is 11.4 Å². The number of rotatable bonds is 10. The Bertz CT molecular complexity index is 2040. The zero-order valence-electron chi connectivity index (χ0n) is 32.3. The lowest BCUT2D eigenvalue weighted by atomic mass is 9.65. The van der Waals surface area contributed by atoms with Gasteiger partial charge >= 0.3 is 0 Å². The van der Waals surface area contributed by atoms with Crippen LogP contribution in [0.15, 0.2) is 121 Å². The lowest BCUT2D eigenvalue weighted by Gasteiger charge is -2.37. The van der Waals surface area contributed by atoms with Crippen LogP contribution in [0.1, 0.15) is 124 Å². The summed E-state index contributed by atoms with van der Waals surface area (Å²) in [5, 5.41) is 0. The number of nitrogen functional groups attached to an aromatic ring is 2. The lowest BCUT2D eigenvalue weighted by molar-refractivity contribution is 0.462. The number of hydrogen-bond donors (Lipinski definition) is 2. The second-order valence-electron chi connectivity index (χ2n) is 15.8. The van der Waals surface area contributed by atoms with Crippen LogP contribution in [0.3, 0.4) is 0 Å². The molecule has 6 aromatic carbocycles. The third-order valence-corrected chi connectivity index (χ3v) is 10.8. The Morgan fingerprint density at radius 1 is 0.415 bits per heavy atom. The van der Waals surface area contributed by atoms with Crippen molar-refractivity contribution in [3.63, 3.8) is 0 Å². The maximum absolute atomic E-state index is 6.81. The fourth-order valence-electron chi connectivity index (χ4n) is 8.06. The SMILES string of the molecule is CC(C)c1cc(C2(c3cc(C(C)C)c(Oc4ccc(N)cc4)c(C(C)C)c3)c3ccccc3-c3ccccc32)cc(C(C)C)c1Oc1ccc(N)cc1. The Morgan fingerprint density at radius 2 is 0.717 bits per heavy atom.